The molecule has 0 spiro atoms. The van der Waals surface area contributed by atoms with Crippen molar-refractivity contribution in [2.45, 2.75) is 26.9 Å². The Labute approximate surface area is 159 Å². The molecule has 0 amide bonds. The molecule has 1 unspecified atom stereocenters. The number of ether oxygens (including phenoxy) is 2. The summed E-state index contributed by atoms with van der Waals surface area (Å²) in [6.07, 6.45) is 0. The second kappa shape index (κ2) is 7.84. The lowest BCUT2D eigenvalue weighted by molar-refractivity contribution is -0.907. The van der Waals surface area contributed by atoms with E-state index in [1.54, 1.807) is 20.3 Å². The Kier molecular flexibility index (Phi) is 5.51. The summed E-state index contributed by atoms with van der Waals surface area (Å²) in [5.41, 5.74) is 4.56. The van der Waals surface area contributed by atoms with Crippen molar-refractivity contribution in [2.24, 2.45) is 0 Å². The molecule has 2 aromatic carbocycles. The summed E-state index contributed by atoms with van der Waals surface area (Å²) in [6.45, 7) is 5.45. The summed E-state index contributed by atoms with van der Waals surface area (Å²) in [4.78, 5) is 13.3. The average Bonchev–Trinajstić information content (AvgIpc) is 2.64. The Morgan fingerprint density at radius 3 is 2.44 bits per heavy atom. The number of rotatable bonds is 6. The Morgan fingerprint density at radius 2 is 1.74 bits per heavy atom. The van der Waals surface area contributed by atoms with E-state index in [-0.39, 0.29) is 5.63 Å². The van der Waals surface area contributed by atoms with E-state index in [9.17, 15) is 4.79 Å². The van der Waals surface area contributed by atoms with E-state index in [1.165, 1.54) is 4.90 Å². The second-order valence-electron chi connectivity index (χ2n) is 6.94. The summed E-state index contributed by atoms with van der Waals surface area (Å²) in [6, 6.07) is 11.6. The molecule has 27 heavy (non-hydrogen) atoms. The van der Waals surface area contributed by atoms with Crippen LogP contribution in [0.5, 0.6) is 11.5 Å². The van der Waals surface area contributed by atoms with Crippen molar-refractivity contribution in [2.75, 3.05) is 21.3 Å². The highest BCUT2D eigenvalue weighted by molar-refractivity contribution is 5.83. The summed E-state index contributed by atoms with van der Waals surface area (Å²) in [5.74, 6) is 1.47. The molecule has 0 saturated carbocycles. The summed E-state index contributed by atoms with van der Waals surface area (Å²) < 4.78 is 16.4. The molecule has 0 saturated heterocycles. The van der Waals surface area contributed by atoms with Gasteiger partial charge in [0.25, 0.3) is 0 Å². The number of quaternary nitrogens is 1. The van der Waals surface area contributed by atoms with Gasteiger partial charge in [0, 0.05) is 17.0 Å². The zero-order chi connectivity index (χ0) is 19.6. The van der Waals surface area contributed by atoms with Crippen molar-refractivity contribution in [1.29, 1.82) is 0 Å². The van der Waals surface area contributed by atoms with Gasteiger partial charge in [0.1, 0.15) is 18.7 Å². The molecule has 0 aliphatic carbocycles. The fourth-order valence-corrected chi connectivity index (χ4v) is 3.48. The van der Waals surface area contributed by atoms with E-state index >= 15 is 0 Å². The van der Waals surface area contributed by atoms with Crippen LogP contribution in [-0.2, 0) is 13.1 Å². The van der Waals surface area contributed by atoms with Crippen LogP contribution in [0.3, 0.4) is 0 Å². The normalized spacial score (nSPS) is 12.2. The van der Waals surface area contributed by atoms with Crippen LogP contribution < -0.4 is 20.0 Å². The van der Waals surface area contributed by atoms with Gasteiger partial charge in [0.15, 0.2) is 11.5 Å². The number of nitrogens with one attached hydrogen (secondary N) is 1. The lowest BCUT2D eigenvalue weighted by Gasteiger charge is -2.18. The first-order valence-corrected chi connectivity index (χ1v) is 8.98. The van der Waals surface area contributed by atoms with Gasteiger partial charge in [-0.1, -0.05) is 18.2 Å². The van der Waals surface area contributed by atoms with Crippen molar-refractivity contribution < 1.29 is 18.8 Å². The molecule has 3 aromatic rings. The van der Waals surface area contributed by atoms with Crippen LogP contribution in [0, 0.1) is 13.8 Å². The maximum absolute atomic E-state index is 12.1. The number of hydrogen-bond acceptors (Lipinski definition) is 4. The fourth-order valence-electron chi connectivity index (χ4n) is 3.48. The summed E-state index contributed by atoms with van der Waals surface area (Å²) in [5, 5.41) is 0.995. The maximum Gasteiger partial charge on any atom is 0.336 e. The zero-order valence-corrected chi connectivity index (χ0v) is 16.5. The van der Waals surface area contributed by atoms with Crippen LogP contribution in [0.2, 0.25) is 0 Å². The molecule has 0 radical (unpaired) electrons. The fraction of sp³-hybridized carbons (Fsp3) is 0.318. The minimum atomic E-state index is -0.307. The predicted molar refractivity (Wildman–Crippen MR) is 106 cm³/mol. The monoisotopic (exact) mass is 368 g/mol. The van der Waals surface area contributed by atoms with Crippen LogP contribution in [0.25, 0.3) is 11.0 Å². The summed E-state index contributed by atoms with van der Waals surface area (Å²) >= 11 is 0. The Hall–Kier alpha value is -2.79. The van der Waals surface area contributed by atoms with E-state index in [0.29, 0.717) is 12.1 Å². The molecular weight excluding hydrogens is 342 g/mol. The van der Waals surface area contributed by atoms with Gasteiger partial charge < -0.3 is 18.8 Å². The van der Waals surface area contributed by atoms with Gasteiger partial charge in [-0.3, -0.25) is 0 Å². The van der Waals surface area contributed by atoms with Gasteiger partial charge in [0.05, 0.1) is 26.8 Å². The van der Waals surface area contributed by atoms with E-state index in [4.69, 9.17) is 13.9 Å². The lowest BCUT2D eigenvalue weighted by Crippen LogP contribution is -3.06. The maximum atomic E-state index is 12.1. The predicted octanol–water partition coefficient (Wildman–Crippen LogP) is 2.64. The minimum absolute atomic E-state index is 0.307. The third kappa shape index (κ3) is 3.83. The molecule has 0 aliphatic rings. The SMILES string of the molecule is COc1cccc(C[NH+](C)Cc2cc(=O)oc3c(C)c(C)ccc23)c1OC. The molecule has 0 fully saturated rings. The summed E-state index contributed by atoms with van der Waals surface area (Å²) in [7, 11) is 5.38. The van der Waals surface area contributed by atoms with Crippen molar-refractivity contribution >= 4 is 11.0 Å². The Morgan fingerprint density at radius 1 is 1.00 bits per heavy atom. The highest BCUT2D eigenvalue weighted by atomic mass is 16.5. The minimum Gasteiger partial charge on any atom is -0.493 e. The number of para-hydroxylation sites is 1. The number of fused-ring (bicyclic) bond motifs is 1. The van der Waals surface area contributed by atoms with E-state index in [1.807, 2.05) is 38.1 Å². The molecule has 5 heteroatoms. The largest absolute Gasteiger partial charge is 0.493 e. The molecule has 0 bridgehead atoms. The van der Waals surface area contributed by atoms with Crippen molar-refractivity contribution in [3.05, 3.63) is 69.1 Å². The Balaban J connectivity index is 1.92. The van der Waals surface area contributed by atoms with Gasteiger partial charge >= 0.3 is 5.63 Å². The molecule has 142 valence electrons. The molecular formula is C22H26NO4+. The average molecular weight is 368 g/mol. The van der Waals surface area contributed by atoms with Crippen molar-refractivity contribution in [1.82, 2.24) is 0 Å². The van der Waals surface area contributed by atoms with Crippen LogP contribution in [0.4, 0.5) is 0 Å². The zero-order valence-electron chi connectivity index (χ0n) is 16.5. The number of methoxy groups -OCH3 is 2. The van der Waals surface area contributed by atoms with Gasteiger partial charge in [-0.05, 0) is 37.1 Å². The van der Waals surface area contributed by atoms with Gasteiger partial charge in [0.2, 0.25) is 0 Å². The number of benzene rings is 2. The van der Waals surface area contributed by atoms with Gasteiger partial charge in [-0.15, -0.1) is 0 Å². The van der Waals surface area contributed by atoms with E-state index < -0.39 is 0 Å². The number of aryl methyl sites for hydroxylation is 2. The highest BCUT2D eigenvalue weighted by Crippen LogP contribution is 2.30. The first-order valence-electron chi connectivity index (χ1n) is 8.98. The van der Waals surface area contributed by atoms with Crippen LogP contribution in [0.1, 0.15) is 22.3 Å². The first kappa shape index (κ1) is 19.0. The van der Waals surface area contributed by atoms with Crippen molar-refractivity contribution in [3.63, 3.8) is 0 Å². The van der Waals surface area contributed by atoms with Crippen molar-refractivity contribution in [3.8, 4) is 11.5 Å². The standard InChI is InChI=1S/C22H25NO4/c1-14-9-10-18-17(11-20(24)27-21(18)15(14)2)13-23(3)12-16-7-6-8-19(25-4)22(16)26-5/h6-11H,12-13H2,1-5H3/p+1. The van der Waals surface area contributed by atoms with Crippen LogP contribution >= 0.6 is 0 Å². The van der Waals surface area contributed by atoms with Gasteiger partial charge in [-0.2, -0.15) is 0 Å². The number of hydrogen-bond donors (Lipinski definition) is 1. The molecule has 1 N–H and O–H groups in total. The van der Waals surface area contributed by atoms with Gasteiger partial charge in [-0.25, -0.2) is 4.79 Å². The quantitative estimate of drug-likeness (QED) is 0.680. The van der Waals surface area contributed by atoms with Crippen LogP contribution in [0.15, 0.2) is 45.6 Å². The smallest absolute Gasteiger partial charge is 0.336 e. The molecule has 1 atom stereocenters. The Bertz CT molecular complexity index is 1020. The first-order chi connectivity index (χ1) is 12.9. The van der Waals surface area contributed by atoms with Crippen LogP contribution in [-0.4, -0.2) is 21.3 Å². The third-order valence-electron chi connectivity index (χ3n) is 4.99. The molecule has 0 aliphatic heterocycles. The lowest BCUT2D eigenvalue weighted by atomic mass is 10.0. The molecule has 1 aromatic heterocycles. The van der Waals surface area contributed by atoms with E-state index in [0.717, 1.165) is 45.7 Å². The second-order valence-corrected chi connectivity index (χ2v) is 6.94. The molecule has 1 heterocycles. The molecule has 5 nitrogen and oxygen atoms in total. The third-order valence-corrected chi connectivity index (χ3v) is 4.99. The topological polar surface area (TPSA) is 53.1 Å². The molecule has 3 rings (SSSR count). The van der Waals surface area contributed by atoms with E-state index in [2.05, 4.69) is 13.1 Å². The highest BCUT2D eigenvalue weighted by Gasteiger charge is 2.16.